The fourth-order valence-corrected chi connectivity index (χ4v) is 3.99. The molecule has 1 aliphatic rings. The number of rotatable bonds is 4. The van der Waals surface area contributed by atoms with Crippen LogP contribution in [0.1, 0.15) is 45.1 Å². The number of hydrogen-bond donors (Lipinski definition) is 2. The molecule has 4 nitrogen and oxygen atoms in total. The molecule has 112 valence electrons. The zero-order valence-electron chi connectivity index (χ0n) is 12.1. The summed E-state index contributed by atoms with van der Waals surface area (Å²) in [5.74, 6) is 0. The lowest BCUT2D eigenvalue weighted by Gasteiger charge is -2.34. The van der Waals surface area contributed by atoms with Gasteiger partial charge in [0.2, 0.25) is 10.0 Å². The van der Waals surface area contributed by atoms with E-state index in [2.05, 4.69) is 18.6 Å². The third-order valence-electron chi connectivity index (χ3n) is 4.05. The van der Waals surface area contributed by atoms with Crippen LogP contribution in [0.4, 0.5) is 0 Å². The average molecular weight is 297 g/mol. The van der Waals surface area contributed by atoms with Crippen molar-refractivity contribution in [2.24, 2.45) is 5.41 Å². The summed E-state index contributed by atoms with van der Waals surface area (Å²) in [4.78, 5) is 0.230. The van der Waals surface area contributed by atoms with Crippen LogP contribution in [0.5, 0.6) is 0 Å². The summed E-state index contributed by atoms with van der Waals surface area (Å²) in [5.41, 5.74) is 0.927. The van der Waals surface area contributed by atoms with Crippen LogP contribution in [-0.4, -0.2) is 19.6 Å². The molecule has 0 atom stereocenters. The molecule has 0 aromatic heterocycles. The maximum atomic E-state index is 12.3. The van der Waals surface area contributed by atoms with Gasteiger partial charge in [-0.05, 0) is 48.8 Å². The van der Waals surface area contributed by atoms with E-state index in [-0.39, 0.29) is 17.5 Å². The van der Waals surface area contributed by atoms with E-state index in [0.29, 0.717) is 11.0 Å². The van der Waals surface area contributed by atoms with Gasteiger partial charge in [-0.3, -0.25) is 0 Å². The highest BCUT2D eigenvalue weighted by Gasteiger charge is 2.29. The van der Waals surface area contributed by atoms with Crippen LogP contribution in [0.2, 0.25) is 0 Å². The van der Waals surface area contributed by atoms with Gasteiger partial charge in [-0.1, -0.05) is 26.0 Å². The van der Waals surface area contributed by atoms with Gasteiger partial charge in [0.1, 0.15) is 0 Å². The van der Waals surface area contributed by atoms with Gasteiger partial charge in [-0.25, -0.2) is 13.1 Å². The number of hydrogen-bond acceptors (Lipinski definition) is 3. The fourth-order valence-electron chi connectivity index (χ4n) is 2.62. The van der Waals surface area contributed by atoms with E-state index in [9.17, 15) is 8.42 Å². The summed E-state index contributed by atoms with van der Waals surface area (Å²) in [7, 11) is -3.49. The Kier molecular flexibility index (Phi) is 4.52. The van der Waals surface area contributed by atoms with Gasteiger partial charge in [0.05, 0.1) is 11.5 Å². The Morgan fingerprint density at radius 1 is 1.30 bits per heavy atom. The van der Waals surface area contributed by atoms with E-state index in [1.54, 1.807) is 18.2 Å². The minimum atomic E-state index is -3.49. The largest absolute Gasteiger partial charge is 0.392 e. The standard InChI is InChI=1S/C15H23NO3S/c1-15(2)8-6-13(7-9-15)16-20(18,19)14-5-3-4-12(10-14)11-17/h3-5,10,13,16-17H,6-9,11H2,1-2H3. The first-order chi connectivity index (χ1) is 9.32. The molecule has 1 aromatic carbocycles. The second-order valence-electron chi connectivity index (χ2n) is 6.37. The Hall–Kier alpha value is -0.910. The molecular formula is C15H23NO3S. The van der Waals surface area contributed by atoms with E-state index in [0.717, 1.165) is 25.7 Å². The van der Waals surface area contributed by atoms with Gasteiger partial charge in [0.25, 0.3) is 0 Å². The van der Waals surface area contributed by atoms with E-state index in [4.69, 9.17) is 5.11 Å². The van der Waals surface area contributed by atoms with Crippen molar-refractivity contribution >= 4 is 10.0 Å². The molecule has 0 amide bonds. The van der Waals surface area contributed by atoms with Crippen molar-refractivity contribution in [2.45, 2.75) is 57.1 Å². The molecule has 0 bridgehead atoms. The fraction of sp³-hybridized carbons (Fsp3) is 0.600. The molecule has 1 aromatic rings. The summed E-state index contributed by atoms with van der Waals surface area (Å²) in [6.07, 6.45) is 3.84. The molecule has 2 rings (SSSR count). The molecule has 0 saturated heterocycles. The topological polar surface area (TPSA) is 66.4 Å². The van der Waals surface area contributed by atoms with Crippen LogP contribution >= 0.6 is 0 Å². The molecule has 0 radical (unpaired) electrons. The van der Waals surface area contributed by atoms with Gasteiger partial charge >= 0.3 is 0 Å². The lowest BCUT2D eigenvalue weighted by atomic mass is 9.76. The zero-order valence-corrected chi connectivity index (χ0v) is 12.9. The zero-order chi connectivity index (χ0) is 14.8. The molecule has 2 N–H and O–H groups in total. The maximum absolute atomic E-state index is 12.3. The highest BCUT2D eigenvalue weighted by atomic mass is 32.2. The average Bonchev–Trinajstić information content (AvgIpc) is 2.41. The van der Waals surface area contributed by atoms with Crippen molar-refractivity contribution in [3.8, 4) is 0 Å². The van der Waals surface area contributed by atoms with Crippen molar-refractivity contribution in [3.05, 3.63) is 29.8 Å². The molecule has 1 saturated carbocycles. The summed E-state index contributed by atoms with van der Waals surface area (Å²) in [6.45, 7) is 4.30. The number of benzene rings is 1. The predicted octanol–water partition coefficient (Wildman–Crippen LogP) is 2.43. The third-order valence-corrected chi connectivity index (χ3v) is 5.57. The molecule has 0 heterocycles. The molecule has 1 aliphatic carbocycles. The van der Waals surface area contributed by atoms with Crippen molar-refractivity contribution in [3.63, 3.8) is 0 Å². The van der Waals surface area contributed by atoms with Crippen molar-refractivity contribution < 1.29 is 13.5 Å². The quantitative estimate of drug-likeness (QED) is 0.897. The first-order valence-corrected chi connectivity index (χ1v) is 8.53. The minimum absolute atomic E-state index is 0.0193. The van der Waals surface area contributed by atoms with E-state index < -0.39 is 10.0 Å². The van der Waals surface area contributed by atoms with Crippen LogP contribution in [0, 0.1) is 5.41 Å². The summed E-state index contributed by atoms with van der Waals surface area (Å²) in [6, 6.07) is 6.47. The van der Waals surface area contributed by atoms with Crippen LogP contribution in [0.3, 0.4) is 0 Å². The van der Waals surface area contributed by atoms with Gasteiger partial charge in [0, 0.05) is 6.04 Å². The van der Waals surface area contributed by atoms with Crippen LogP contribution in [0.15, 0.2) is 29.2 Å². The summed E-state index contributed by atoms with van der Waals surface area (Å²) < 4.78 is 27.5. The van der Waals surface area contributed by atoms with Crippen molar-refractivity contribution in [1.82, 2.24) is 4.72 Å². The first kappa shape index (κ1) is 15.5. The highest BCUT2D eigenvalue weighted by molar-refractivity contribution is 7.89. The van der Waals surface area contributed by atoms with Gasteiger partial charge < -0.3 is 5.11 Å². The molecule has 5 heteroatoms. The van der Waals surface area contributed by atoms with Crippen molar-refractivity contribution in [2.75, 3.05) is 0 Å². The van der Waals surface area contributed by atoms with E-state index >= 15 is 0 Å². The number of nitrogens with one attached hydrogen (secondary N) is 1. The third kappa shape index (κ3) is 3.81. The van der Waals surface area contributed by atoms with Crippen molar-refractivity contribution in [1.29, 1.82) is 0 Å². The molecule has 1 fully saturated rings. The summed E-state index contributed by atoms with van der Waals surface area (Å²) >= 11 is 0. The Bertz CT molecular complexity index is 556. The lowest BCUT2D eigenvalue weighted by molar-refractivity contribution is 0.218. The predicted molar refractivity (Wildman–Crippen MR) is 78.7 cm³/mol. The van der Waals surface area contributed by atoms with E-state index in [1.807, 2.05) is 0 Å². The number of aliphatic hydroxyl groups excluding tert-OH is 1. The normalized spacial score (nSPS) is 19.9. The molecular weight excluding hydrogens is 274 g/mol. The minimum Gasteiger partial charge on any atom is -0.392 e. The molecule has 0 unspecified atom stereocenters. The van der Waals surface area contributed by atoms with Gasteiger partial charge in [0.15, 0.2) is 0 Å². The smallest absolute Gasteiger partial charge is 0.240 e. The van der Waals surface area contributed by atoms with E-state index in [1.165, 1.54) is 6.07 Å². The Morgan fingerprint density at radius 3 is 2.55 bits per heavy atom. The maximum Gasteiger partial charge on any atom is 0.240 e. The molecule has 0 aliphatic heterocycles. The molecule has 20 heavy (non-hydrogen) atoms. The highest BCUT2D eigenvalue weighted by Crippen LogP contribution is 2.35. The Labute approximate surface area is 121 Å². The SMILES string of the molecule is CC1(C)CCC(NS(=O)(=O)c2cccc(CO)c2)CC1. The number of sulfonamides is 1. The monoisotopic (exact) mass is 297 g/mol. The van der Waals surface area contributed by atoms with Gasteiger partial charge in [-0.15, -0.1) is 0 Å². The summed E-state index contributed by atoms with van der Waals surface area (Å²) in [5, 5.41) is 9.09. The Morgan fingerprint density at radius 2 is 1.95 bits per heavy atom. The van der Waals surface area contributed by atoms with Gasteiger partial charge in [-0.2, -0.15) is 0 Å². The molecule has 0 spiro atoms. The van der Waals surface area contributed by atoms with Crippen LogP contribution in [0.25, 0.3) is 0 Å². The second-order valence-corrected chi connectivity index (χ2v) is 8.08. The second kappa shape index (κ2) is 5.84. The number of aliphatic hydroxyl groups is 1. The lowest BCUT2D eigenvalue weighted by Crippen LogP contribution is -2.39. The Balaban J connectivity index is 2.08. The first-order valence-electron chi connectivity index (χ1n) is 7.05. The van der Waals surface area contributed by atoms with Crippen LogP contribution in [-0.2, 0) is 16.6 Å². The van der Waals surface area contributed by atoms with Crippen LogP contribution < -0.4 is 4.72 Å².